The summed E-state index contributed by atoms with van der Waals surface area (Å²) in [6.07, 6.45) is 4.76. The molecule has 5 rings (SSSR count). The van der Waals surface area contributed by atoms with Gasteiger partial charge in [-0.25, -0.2) is 4.79 Å². The minimum absolute atomic E-state index is 0.171. The van der Waals surface area contributed by atoms with Crippen LogP contribution in [0.15, 0.2) is 48.8 Å². The monoisotopic (exact) mass is 452 g/mol. The fourth-order valence-electron chi connectivity index (χ4n) is 3.95. The molecule has 2 aromatic heterocycles. The third-order valence-corrected chi connectivity index (χ3v) is 8.02. The van der Waals surface area contributed by atoms with E-state index in [9.17, 15) is 14.4 Å². The fourth-order valence-corrected chi connectivity index (χ4v) is 6.40. The lowest BCUT2D eigenvalue weighted by Gasteiger charge is -2.22. The summed E-state index contributed by atoms with van der Waals surface area (Å²) in [7, 11) is 0. The number of thioether (sulfide) groups is 1. The maximum absolute atomic E-state index is 13.4. The van der Waals surface area contributed by atoms with Gasteiger partial charge in [-0.3, -0.25) is 14.9 Å². The van der Waals surface area contributed by atoms with E-state index in [0.29, 0.717) is 16.8 Å². The normalized spacial score (nSPS) is 20.2. The van der Waals surface area contributed by atoms with Crippen LogP contribution in [0.5, 0.6) is 0 Å². The highest BCUT2D eigenvalue weighted by molar-refractivity contribution is 7.98. The average Bonchev–Trinajstić information content (AvgIpc) is 3.46. The van der Waals surface area contributed by atoms with Gasteiger partial charge in [0.1, 0.15) is 10.5 Å². The van der Waals surface area contributed by atoms with Gasteiger partial charge in [0.05, 0.1) is 5.56 Å². The van der Waals surface area contributed by atoms with Gasteiger partial charge in [0, 0.05) is 28.7 Å². The third-order valence-electron chi connectivity index (χ3n) is 5.61. The van der Waals surface area contributed by atoms with Crippen LogP contribution in [0.4, 0.5) is 10.5 Å². The Labute approximate surface area is 187 Å². The predicted octanol–water partition coefficient (Wildman–Crippen LogP) is 3.64. The molecule has 0 spiro atoms. The molecule has 4 heterocycles. The molecule has 158 valence electrons. The van der Waals surface area contributed by atoms with E-state index in [1.807, 2.05) is 40.9 Å². The quantitative estimate of drug-likeness (QED) is 0.527. The molecule has 0 radical (unpaired) electrons. The summed E-state index contributed by atoms with van der Waals surface area (Å²) >= 11 is 3.55. The van der Waals surface area contributed by atoms with Gasteiger partial charge in [-0.2, -0.15) is 11.8 Å². The first-order valence-electron chi connectivity index (χ1n) is 9.87. The highest BCUT2D eigenvalue weighted by atomic mass is 32.2. The van der Waals surface area contributed by atoms with Crippen LogP contribution in [-0.2, 0) is 22.5 Å². The van der Waals surface area contributed by atoms with E-state index in [2.05, 4.69) is 16.0 Å². The molecule has 3 aromatic rings. The number of carbonyl (C=O) groups excluding carboxylic acids is 3. The van der Waals surface area contributed by atoms with Gasteiger partial charge in [-0.15, -0.1) is 11.3 Å². The summed E-state index contributed by atoms with van der Waals surface area (Å²) in [6, 6.07) is 10.4. The van der Waals surface area contributed by atoms with Gasteiger partial charge in [0.2, 0.25) is 0 Å². The van der Waals surface area contributed by atoms with E-state index in [4.69, 9.17) is 0 Å². The third kappa shape index (κ3) is 3.43. The van der Waals surface area contributed by atoms with Gasteiger partial charge >= 0.3 is 6.03 Å². The molecular weight excluding hydrogens is 432 g/mol. The van der Waals surface area contributed by atoms with Gasteiger partial charge < -0.3 is 15.2 Å². The summed E-state index contributed by atoms with van der Waals surface area (Å²) in [6.45, 7) is 1.64. The second kappa shape index (κ2) is 7.58. The van der Waals surface area contributed by atoms with E-state index in [-0.39, 0.29) is 5.91 Å². The van der Waals surface area contributed by atoms with Crippen molar-refractivity contribution in [3.8, 4) is 5.00 Å². The maximum Gasteiger partial charge on any atom is 0.322 e. The first-order chi connectivity index (χ1) is 15.0. The van der Waals surface area contributed by atoms with Crippen LogP contribution in [0.3, 0.4) is 0 Å². The number of hydrogen-bond acceptors (Lipinski definition) is 5. The number of nitrogens with zero attached hydrogens (tertiary/aromatic N) is 1. The van der Waals surface area contributed by atoms with Crippen molar-refractivity contribution in [1.29, 1.82) is 0 Å². The van der Waals surface area contributed by atoms with Crippen molar-refractivity contribution in [3.63, 3.8) is 0 Å². The van der Waals surface area contributed by atoms with Crippen molar-refractivity contribution in [3.05, 3.63) is 70.4 Å². The topological polar surface area (TPSA) is 92.2 Å². The van der Waals surface area contributed by atoms with Crippen LogP contribution in [0.2, 0.25) is 0 Å². The standard InChI is InChI=1S/C22H20N4O3S2/c1-22(20(28)24-21(29)25-22)13-5-4-6-14(11-13)23-18(27)17-15-7-10-30-12-16(15)31-19(17)26-8-2-3-9-26/h2-6,8-9,11H,7,10,12H2,1H3,(H,23,27)(H2,24,25,28,29)/t22-/m1/s1. The van der Waals surface area contributed by atoms with Gasteiger partial charge in [0.15, 0.2) is 0 Å². The van der Waals surface area contributed by atoms with Crippen molar-refractivity contribution in [2.75, 3.05) is 11.1 Å². The smallest absolute Gasteiger partial charge is 0.322 e. The Bertz CT molecular complexity index is 1200. The molecule has 0 unspecified atom stereocenters. The second-order valence-corrected chi connectivity index (χ2v) is 9.83. The zero-order chi connectivity index (χ0) is 21.6. The maximum atomic E-state index is 13.4. The molecule has 9 heteroatoms. The predicted molar refractivity (Wildman–Crippen MR) is 122 cm³/mol. The zero-order valence-corrected chi connectivity index (χ0v) is 18.4. The Kier molecular flexibility index (Phi) is 4.86. The lowest BCUT2D eigenvalue weighted by molar-refractivity contribution is -0.123. The fraction of sp³-hybridized carbons (Fsp3) is 0.227. The molecule has 2 aliphatic heterocycles. The number of imide groups is 1. The van der Waals surface area contributed by atoms with E-state index >= 15 is 0 Å². The van der Waals surface area contributed by atoms with E-state index in [1.54, 1.807) is 42.5 Å². The second-order valence-electron chi connectivity index (χ2n) is 7.65. The lowest BCUT2D eigenvalue weighted by Crippen LogP contribution is -2.40. The molecule has 2 aliphatic rings. The van der Waals surface area contributed by atoms with Crippen LogP contribution >= 0.6 is 23.1 Å². The number of benzene rings is 1. The van der Waals surface area contributed by atoms with Crippen molar-refractivity contribution in [2.24, 2.45) is 0 Å². The zero-order valence-electron chi connectivity index (χ0n) is 16.7. The van der Waals surface area contributed by atoms with E-state index in [0.717, 1.165) is 28.5 Å². The van der Waals surface area contributed by atoms with Crippen LogP contribution in [-0.4, -0.2) is 28.2 Å². The van der Waals surface area contributed by atoms with Crippen LogP contribution in [0.25, 0.3) is 5.00 Å². The number of rotatable bonds is 4. The number of amides is 4. The Hall–Kier alpha value is -3.04. The largest absolute Gasteiger partial charge is 0.322 e. The number of thiophene rings is 1. The number of aromatic nitrogens is 1. The van der Waals surface area contributed by atoms with Crippen LogP contribution in [0.1, 0.15) is 33.3 Å². The Morgan fingerprint density at radius 1 is 1.19 bits per heavy atom. The van der Waals surface area contributed by atoms with Crippen molar-refractivity contribution < 1.29 is 14.4 Å². The Morgan fingerprint density at radius 3 is 2.74 bits per heavy atom. The molecule has 0 saturated carbocycles. The minimum Gasteiger partial charge on any atom is -0.322 e. The summed E-state index contributed by atoms with van der Waals surface area (Å²) in [5, 5.41) is 8.85. The van der Waals surface area contributed by atoms with Crippen molar-refractivity contribution in [2.45, 2.75) is 24.6 Å². The number of fused-ring (bicyclic) bond motifs is 1. The van der Waals surface area contributed by atoms with Crippen LogP contribution < -0.4 is 16.0 Å². The molecule has 0 aliphatic carbocycles. The van der Waals surface area contributed by atoms with Gasteiger partial charge in [-0.1, -0.05) is 12.1 Å². The highest BCUT2D eigenvalue weighted by Gasteiger charge is 2.43. The van der Waals surface area contributed by atoms with Crippen molar-refractivity contribution >= 4 is 46.6 Å². The van der Waals surface area contributed by atoms with Gasteiger partial charge in [-0.05, 0) is 54.5 Å². The van der Waals surface area contributed by atoms with E-state index in [1.165, 1.54) is 4.88 Å². The number of hydrogen-bond donors (Lipinski definition) is 3. The van der Waals surface area contributed by atoms with Crippen molar-refractivity contribution in [1.82, 2.24) is 15.2 Å². The summed E-state index contributed by atoms with van der Waals surface area (Å²) < 4.78 is 1.98. The van der Waals surface area contributed by atoms with Crippen LogP contribution in [0, 0.1) is 0 Å². The number of urea groups is 1. The minimum atomic E-state index is -1.17. The molecular formula is C22H20N4O3S2. The Balaban J connectivity index is 1.49. The first kappa shape index (κ1) is 19.9. The molecule has 7 nitrogen and oxygen atoms in total. The summed E-state index contributed by atoms with van der Waals surface area (Å²) in [5.74, 6) is 1.33. The SMILES string of the molecule is C[C@]1(c2cccc(NC(=O)c3c(-n4cccc4)sc4c3CCSC4)c2)NC(=O)NC1=O. The van der Waals surface area contributed by atoms with Gasteiger partial charge in [0.25, 0.3) is 11.8 Å². The molecule has 31 heavy (non-hydrogen) atoms. The summed E-state index contributed by atoms with van der Waals surface area (Å²) in [5.41, 5.74) is 1.83. The molecule has 3 N–H and O–H groups in total. The summed E-state index contributed by atoms with van der Waals surface area (Å²) in [4.78, 5) is 38.6. The number of nitrogens with one attached hydrogen (secondary N) is 3. The molecule has 1 aromatic carbocycles. The molecule has 4 amide bonds. The van der Waals surface area contributed by atoms with E-state index < -0.39 is 17.5 Å². The lowest BCUT2D eigenvalue weighted by atomic mass is 9.92. The first-order valence-corrected chi connectivity index (χ1v) is 11.8. The molecule has 1 fully saturated rings. The highest BCUT2D eigenvalue weighted by Crippen LogP contribution is 2.38. The molecule has 1 atom stereocenters. The number of anilines is 1. The Morgan fingerprint density at radius 2 is 2.00 bits per heavy atom. The molecule has 0 bridgehead atoms. The molecule has 1 saturated heterocycles. The average molecular weight is 453 g/mol. The number of carbonyl (C=O) groups is 3.